The van der Waals surface area contributed by atoms with E-state index in [9.17, 15) is 18.0 Å². The van der Waals surface area contributed by atoms with Crippen molar-refractivity contribution in [1.29, 1.82) is 0 Å². The first-order valence-electron chi connectivity index (χ1n) is 6.64. The van der Waals surface area contributed by atoms with Crippen LogP contribution in [-0.2, 0) is 11.0 Å². The summed E-state index contributed by atoms with van der Waals surface area (Å²) in [6.07, 6.45) is -3.98. The minimum absolute atomic E-state index is 0.184. The van der Waals surface area contributed by atoms with Crippen LogP contribution in [0.2, 0.25) is 0 Å². The van der Waals surface area contributed by atoms with Crippen LogP contribution in [0.25, 0.3) is 0 Å². The molecule has 4 nitrogen and oxygen atoms in total. The van der Waals surface area contributed by atoms with Crippen molar-refractivity contribution in [3.8, 4) is 5.75 Å². The number of ether oxygens (including phenoxy) is 1. The lowest BCUT2D eigenvalue weighted by Gasteiger charge is -2.21. The van der Waals surface area contributed by atoms with Gasteiger partial charge in [0, 0.05) is 13.1 Å². The summed E-state index contributed by atoms with van der Waals surface area (Å²) in [7, 11) is 0. The molecule has 116 valence electrons. The first-order valence-corrected chi connectivity index (χ1v) is 6.64. The zero-order chi connectivity index (χ0) is 15.6. The molecule has 0 spiro atoms. The second-order valence-electron chi connectivity index (χ2n) is 5.13. The molecule has 1 saturated heterocycles. The standard InChI is InChI=1S/C14H17F3N2O2/c1-9(13(18)20)19-6-5-12(8-19)21-11-4-2-3-10(7-11)14(15,16)17/h2-4,7,9,12H,5-6,8H2,1H3,(H2,18,20)/t9?,12-/m1/s1. The predicted molar refractivity (Wildman–Crippen MR) is 70.7 cm³/mol. The third-order valence-electron chi connectivity index (χ3n) is 3.60. The lowest BCUT2D eigenvalue weighted by molar-refractivity contribution is -0.137. The summed E-state index contributed by atoms with van der Waals surface area (Å²) < 4.78 is 43.4. The molecule has 1 fully saturated rings. The third kappa shape index (κ3) is 3.87. The molecule has 1 aromatic carbocycles. The lowest BCUT2D eigenvalue weighted by atomic mass is 10.2. The molecular weight excluding hydrogens is 285 g/mol. The van der Waals surface area contributed by atoms with Gasteiger partial charge in [0.05, 0.1) is 11.6 Å². The molecule has 1 amide bonds. The average molecular weight is 302 g/mol. The van der Waals surface area contributed by atoms with Crippen LogP contribution in [0.15, 0.2) is 24.3 Å². The fourth-order valence-corrected chi connectivity index (χ4v) is 2.32. The molecule has 1 unspecified atom stereocenters. The molecule has 21 heavy (non-hydrogen) atoms. The monoisotopic (exact) mass is 302 g/mol. The molecular formula is C14H17F3N2O2. The maximum absolute atomic E-state index is 12.6. The molecule has 2 N–H and O–H groups in total. The highest BCUT2D eigenvalue weighted by molar-refractivity contribution is 5.79. The highest BCUT2D eigenvalue weighted by Gasteiger charge is 2.32. The quantitative estimate of drug-likeness (QED) is 0.926. The van der Waals surface area contributed by atoms with Crippen LogP contribution in [-0.4, -0.2) is 36.0 Å². The van der Waals surface area contributed by atoms with Gasteiger partial charge in [-0.1, -0.05) is 6.07 Å². The van der Waals surface area contributed by atoms with Gasteiger partial charge in [-0.05, 0) is 31.5 Å². The van der Waals surface area contributed by atoms with Crippen LogP contribution in [0, 0.1) is 0 Å². The number of carbonyl (C=O) groups excluding carboxylic acids is 1. The largest absolute Gasteiger partial charge is 0.489 e. The fraction of sp³-hybridized carbons (Fsp3) is 0.500. The van der Waals surface area contributed by atoms with Crippen molar-refractivity contribution in [1.82, 2.24) is 4.90 Å². The minimum atomic E-state index is -4.39. The van der Waals surface area contributed by atoms with Crippen LogP contribution >= 0.6 is 0 Å². The van der Waals surface area contributed by atoms with E-state index in [-0.39, 0.29) is 11.9 Å². The second kappa shape index (κ2) is 5.93. The maximum Gasteiger partial charge on any atom is 0.416 e. The van der Waals surface area contributed by atoms with Crippen LogP contribution in [0.3, 0.4) is 0 Å². The lowest BCUT2D eigenvalue weighted by Crippen LogP contribution is -2.42. The van der Waals surface area contributed by atoms with Gasteiger partial charge in [0.1, 0.15) is 11.9 Å². The first-order chi connectivity index (χ1) is 9.77. The van der Waals surface area contributed by atoms with Crippen LogP contribution in [0.5, 0.6) is 5.75 Å². The Morgan fingerprint density at radius 1 is 1.48 bits per heavy atom. The average Bonchev–Trinajstić information content (AvgIpc) is 2.85. The molecule has 0 bridgehead atoms. The number of nitrogens with zero attached hydrogens (tertiary/aromatic N) is 1. The number of carbonyl (C=O) groups is 1. The Bertz CT molecular complexity index is 519. The van der Waals surface area contributed by atoms with Crippen molar-refractivity contribution in [2.45, 2.75) is 31.7 Å². The zero-order valence-electron chi connectivity index (χ0n) is 11.6. The van der Waals surface area contributed by atoms with E-state index in [0.717, 1.165) is 12.1 Å². The van der Waals surface area contributed by atoms with Gasteiger partial charge < -0.3 is 10.5 Å². The van der Waals surface area contributed by atoms with Crippen molar-refractivity contribution in [3.63, 3.8) is 0 Å². The second-order valence-corrected chi connectivity index (χ2v) is 5.13. The van der Waals surface area contributed by atoms with Gasteiger partial charge >= 0.3 is 6.18 Å². The van der Waals surface area contributed by atoms with E-state index in [0.29, 0.717) is 19.5 Å². The summed E-state index contributed by atoms with van der Waals surface area (Å²) in [4.78, 5) is 13.0. The number of primary amides is 1. The van der Waals surface area contributed by atoms with E-state index in [2.05, 4.69) is 0 Å². The van der Waals surface area contributed by atoms with Crippen molar-refractivity contribution in [2.24, 2.45) is 5.73 Å². The summed E-state index contributed by atoms with van der Waals surface area (Å²) in [5.41, 5.74) is 4.50. The molecule has 0 aliphatic carbocycles. The zero-order valence-corrected chi connectivity index (χ0v) is 11.6. The highest BCUT2D eigenvalue weighted by atomic mass is 19.4. The van der Waals surface area contributed by atoms with Gasteiger partial charge in [0.2, 0.25) is 5.91 Å². The van der Waals surface area contributed by atoms with E-state index in [4.69, 9.17) is 10.5 Å². The molecule has 1 aliphatic heterocycles. The number of hydrogen-bond acceptors (Lipinski definition) is 3. The Balaban J connectivity index is 1.99. The van der Waals surface area contributed by atoms with Crippen molar-refractivity contribution >= 4 is 5.91 Å². The number of hydrogen-bond donors (Lipinski definition) is 1. The summed E-state index contributed by atoms with van der Waals surface area (Å²) in [6.45, 7) is 2.81. The van der Waals surface area contributed by atoms with E-state index in [1.165, 1.54) is 12.1 Å². The number of benzene rings is 1. The van der Waals surface area contributed by atoms with Gasteiger partial charge in [-0.2, -0.15) is 13.2 Å². The predicted octanol–water partition coefficient (Wildman–Crippen LogP) is 2.03. The summed E-state index contributed by atoms with van der Waals surface area (Å²) in [6, 6.07) is 4.40. The summed E-state index contributed by atoms with van der Waals surface area (Å²) in [5, 5.41) is 0. The van der Waals surface area contributed by atoms with Crippen molar-refractivity contribution in [2.75, 3.05) is 13.1 Å². The van der Waals surface area contributed by atoms with Crippen LogP contribution in [0.4, 0.5) is 13.2 Å². The van der Waals surface area contributed by atoms with Gasteiger partial charge in [-0.25, -0.2) is 0 Å². The maximum atomic E-state index is 12.6. The SMILES string of the molecule is CC(C(N)=O)N1CC[C@@H](Oc2cccc(C(F)(F)F)c2)C1. The molecule has 2 rings (SSSR count). The Labute approximate surface area is 120 Å². The smallest absolute Gasteiger partial charge is 0.416 e. The molecule has 2 atom stereocenters. The van der Waals surface area contributed by atoms with E-state index in [1.807, 2.05) is 4.90 Å². The molecule has 1 aliphatic rings. The fourth-order valence-electron chi connectivity index (χ4n) is 2.32. The molecule has 0 saturated carbocycles. The minimum Gasteiger partial charge on any atom is -0.489 e. The van der Waals surface area contributed by atoms with Gasteiger partial charge in [-0.3, -0.25) is 9.69 Å². The van der Waals surface area contributed by atoms with Crippen LogP contribution < -0.4 is 10.5 Å². The Morgan fingerprint density at radius 2 is 2.19 bits per heavy atom. The van der Waals surface area contributed by atoms with Crippen molar-refractivity contribution < 1.29 is 22.7 Å². The van der Waals surface area contributed by atoms with E-state index >= 15 is 0 Å². The number of amides is 1. The highest BCUT2D eigenvalue weighted by Crippen LogP contribution is 2.32. The normalized spacial score (nSPS) is 21.2. The Kier molecular flexibility index (Phi) is 4.41. The molecule has 0 aromatic heterocycles. The van der Waals surface area contributed by atoms with Crippen molar-refractivity contribution in [3.05, 3.63) is 29.8 Å². The number of nitrogens with two attached hydrogens (primary N) is 1. The van der Waals surface area contributed by atoms with Gasteiger partial charge in [0.25, 0.3) is 0 Å². The van der Waals surface area contributed by atoms with Gasteiger partial charge in [-0.15, -0.1) is 0 Å². The van der Waals surface area contributed by atoms with Crippen LogP contribution in [0.1, 0.15) is 18.9 Å². The molecule has 0 radical (unpaired) electrons. The number of likely N-dealkylation sites (tertiary alicyclic amines) is 1. The Morgan fingerprint density at radius 3 is 2.81 bits per heavy atom. The van der Waals surface area contributed by atoms with E-state index in [1.54, 1.807) is 6.92 Å². The molecule has 1 aromatic rings. The summed E-state index contributed by atoms with van der Waals surface area (Å²) >= 11 is 0. The Hall–Kier alpha value is -1.76. The number of halogens is 3. The topological polar surface area (TPSA) is 55.6 Å². The van der Waals surface area contributed by atoms with Gasteiger partial charge in [0.15, 0.2) is 0 Å². The molecule has 7 heteroatoms. The number of alkyl halides is 3. The molecule has 1 heterocycles. The summed E-state index contributed by atoms with van der Waals surface area (Å²) in [5.74, 6) is -0.238. The van der Waals surface area contributed by atoms with E-state index < -0.39 is 23.7 Å². The number of rotatable bonds is 4. The first kappa shape index (κ1) is 15.6. The third-order valence-corrected chi connectivity index (χ3v) is 3.60.